The van der Waals surface area contributed by atoms with Crippen LogP contribution in [0.15, 0.2) is 12.1 Å². The predicted octanol–water partition coefficient (Wildman–Crippen LogP) is 2.98. The Morgan fingerprint density at radius 3 is 2.42 bits per heavy atom. The molecule has 1 aromatic carbocycles. The topological polar surface area (TPSA) is 49.3 Å². The molecule has 0 spiro atoms. The largest absolute Gasteiger partial charge is 0.418 e. The van der Waals surface area contributed by atoms with Gasteiger partial charge in [-0.3, -0.25) is 4.79 Å². The SMILES string of the molecule is O=C1Nc2ccc(Cl)c([C@@H](O)C(F)(F)F)c2C1(F)F. The quantitative estimate of drug-likeness (QED) is 0.784. The van der Waals surface area contributed by atoms with Gasteiger partial charge in [-0.15, -0.1) is 0 Å². The average Bonchev–Trinajstić information content (AvgIpc) is 2.49. The van der Waals surface area contributed by atoms with Crippen molar-refractivity contribution < 1.29 is 31.9 Å². The lowest BCUT2D eigenvalue weighted by Gasteiger charge is -2.20. The molecule has 0 aromatic heterocycles. The van der Waals surface area contributed by atoms with Crippen molar-refractivity contribution in [3.8, 4) is 0 Å². The maximum atomic E-state index is 13.6. The first-order valence-electron chi connectivity index (χ1n) is 4.83. The van der Waals surface area contributed by atoms with Gasteiger partial charge in [0.1, 0.15) is 0 Å². The Balaban J connectivity index is 2.71. The van der Waals surface area contributed by atoms with E-state index in [1.54, 1.807) is 5.32 Å². The standard InChI is InChI=1S/C10H5ClF5NO2/c11-3-1-2-4-6(9(12,13)8(19)17-4)5(3)7(18)10(14,15)16/h1-2,7,18H,(H,17,19)/t7-/m1/s1. The van der Waals surface area contributed by atoms with Gasteiger partial charge in [-0.2, -0.15) is 22.0 Å². The van der Waals surface area contributed by atoms with E-state index in [1.807, 2.05) is 0 Å². The van der Waals surface area contributed by atoms with E-state index in [2.05, 4.69) is 0 Å². The average molecular weight is 302 g/mol. The molecule has 9 heteroatoms. The molecular formula is C10H5ClF5NO2. The van der Waals surface area contributed by atoms with Crippen molar-refractivity contribution >= 4 is 23.2 Å². The molecule has 2 N–H and O–H groups in total. The Labute approximate surface area is 108 Å². The number of anilines is 1. The van der Waals surface area contributed by atoms with Crippen LogP contribution >= 0.6 is 11.6 Å². The van der Waals surface area contributed by atoms with E-state index in [0.29, 0.717) is 0 Å². The molecule has 0 fully saturated rings. The second kappa shape index (κ2) is 4.04. The maximum Gasteiger partial charge on any atom is 0.418 e. The summed E-state index contributed by atoms with van der Waals surface area (Å²) in [6.07, 6.45) is -8.38. The first kappa shape index (κ1) is 14.0. The van der Waals surface area contributed by atoms with Crippen LogP contribution in [-0.4, -0.2) is 17.2 Å². The normalized spacial score (nSPS) is 19.0. The number of halogens is 6. The number of carbonyl (C=O) groups is 1. The Bertz CT molecular complexity index is 558. The van der Waals surface area contributed by atoms with Gasteiger partial charge in [0.05, 0.1) is 11.3 Å². The van der Waals surface area contributed by atoms with Crippen molar-refractivity contribution in [1.29, 1.82) is 0 Å². The summed E-state index contributed by atoms with van der Waals surface area (Å²) in [4.78, 5) is 11.0. The maximum absolute atomic E-state index is 13.6. The van der Waals surface area contributed by atoms with Crippen molar-refractivity contribution in [2.45, 2.75) is 18.2 Å². The molecule has 3 nitrogen and oxygen atoms in total. The third-order valence-electron chi connectivity index (χ3n) is 2.62. The van der Waals surface area contributed by atoms with Crippen molar-refractivity contribution in [3.63, 3.8) is 0 Å². The number of benzene rings is 1. The van der Waals surface area contributed by atoms with Crippen LogP contribution in [0, 0.1) is 0 Å². The number of hydrogen-bond acceptors (Lipinski definition) is 2. The van der Waals surface area contributed by atoms with Gasteiger partial charge in [0, 0.05) is 10.6 Å². The van der Waals surface area contributed by atoms with Gasteiger partial charge in [0.2, 0.25) is 0 Å². The minimum atomic E-state index is -5.18. The number of fused-ring (bicyclic) bond motifs is 1. The summed E-state index contributed by atoms with van der Waals surface area (Å²) in [7, 11) is 0. The smallest absolute Gasteiger partial charge is 0.379 e. The highest BCUT2D eigenvalue weighted by atomic mass is 35.5. The number of aliphatic hydroxyl groups is 1. The number of amides is 1. The Hall–Kier alpha value is -1.41. The van der Waals surface area contributed by atoms with Gasteiger partial charge < -0.3 is 10.4 Å². The lowest BCUT2D eigenvalue weighted by Crippen LogP contribution is -2.28. The number of aliphatic hydroxyl groups excluding tert-OH is 1. The van der Waals surface area contributed by atoms with Gasteiger partial charge in [0.25, 0.3) is 5.91 Å². The van der Waals surface area contributed by atoms with Crippen LogP contribution in [0.1, 0.15) is 17.2 Å². The van der Waals surface area contributed by atoms with Crippen molar-refractivity contribution in [2.75, 3.05) is 5.32 Å². The minimum absolute atomic E-state index is 0.502. The van der Waals surface area contributed by atoms with Crippen molar-refractivity contribution in [1.82, 2.24) is 0 Å². The number of alkyl halides is 5. The molecule has 104 valence electrons. The molecule has 2 rings (SSSR count). The van der Waals surface area contributed by atoms with E-state index in [-0.39, 0.29) is 0 Å². The second-order valence-corrected chi connectivity index (χ2v) is 4.26. The lowest BCUT2D eigenvalue weighted by atomic mass is 9.97. The molecule has 0 radical (unpaired) electrons. The first-order chi connectivity index (χ1) is 8.56. The molecular weight excluding hydrogens is 297 g/mol. The van der Waals surface area contributed by atoms with Crippen LogP contribution in [0.3, 0.4) is 0 Å². The number of carbonyl (C=O) groups excluding carboxylic acids is 1. The molecule has 1 aliphatic heterocycles. The molecule has 19 heavy (non-hydrogen) atoms. The zero-order valence-electron chi connectivity index (χ0n) is 8.86. The summed E-state index contributed by atoms with van der Waals surface area (Å²) in [6, 6.07) is 1.84. The summed E-state index contributed by atoms with van der Waals surface area (Å²) >= 11 is 5.45. The molecule has 0 saturated heterocycles. The molecule has 1 aliphatic rings. The summed E-state index contributed by atoms with van der Waals surface area (Å²) in [5.74, 6) is -5.94. The zero-order chi connectivity index (χ0) is 14.6. The van der Waals surface area contributed by atoms with E-state index in [4.69, 9.17) is 16.7 Å². The highest BCUT2D eigenvalue weighted by molar-refractivity contribution is 6.32. The highest BCUT2D eigenvalue weighted by Gasteiger charge is 2.54. The molecule has 0 saturated carbocycles. The van der Waals surface area contributed by atoms with Crippen LogP contribution in [0.4, 0.5) is 27.6 Å². The number of rotatable bonds is 1. The van der Waals surface area contributed by atoms with Gasteiger partial charge in [-0.25, -0.2) is 0 Å². The van der Waals surface area contributed by atoms with Crippen LogP contribution in [0.5, 0.6) is 0 Å². The first-order valence-corrected chi connectivity index (χ1v) is 5.21. The van der Waals surface area contributed by atoms with Gasteiger partial charge in [-0.1, -0.05) is 11.6 Å². The molecule has 0 unspecified atom stereocenters. The predicted molar refractivity (Wildman–Crippen MR) is 55.0 cm³/mol. The fourth-order valence-electron chi connectivity index (χ4n) is 1.78. The molecule has 1 atom stereocenters. The molecule has 1 amide bonds. The van der Waals surface area contributed by atoms with Crippen LogP contribution in [-0.2, 0) is 10.7 Å². The summed E-state index contributed by atoms with van der Waals surface area (Å²) in [6.45, 7) is 0. The van der Waals surface area contributed by atoms with Gasteiger partial charge in [-0.05, 0) is 12.1 Å². The summed E-state index contributed by atoms with van der Waals surface area (Å²) < 4.78 is 64.6. The van der Waals surface area contributed by atoms with E-state index in [9.17, 15) is 26.7 Å². The zero-order valence-corrected chi connectivity index (χ0v) is 9.61. The molecule has 0 bridgehead atoms. The fraction of sp³-hybridized carbons (Fsp3) is 0.300. The van der Waals surface area contributed by atoms with Crippen molar-refractivity contribution in [3.05, 3.63) is 28.3 Å². The minimum Gasteiger partial charge on any atom is -0.379 e. The Morgan fingerprint density at radius 1 is 1.32 bits per heavy atom. The second-order valence-electron chi connectivity index (χ2n) is 3.86. The third kappa shape index (κ3) is 2.04. The highest BCUT2D eigenvalue weighted by Crippen LogP contribution is 2.49. The van der Waals surface area contributed by atoms with Crippen LogP contribution in [0.25, 0.3) is 0 Å². The van der Waals surface area contributed by atoms with E-state index in [0.717, 1.165) is 12.1 Å². The monoisotopic (exact) mass is 301 g/mol. The Morgan fingerprint density at radius 2 is 1.89 bits per heavy atom. The summed E-state index contributed by atoms with van der Waals surface area (Å²) in [5.41, 5.74) is -2.96. The fourth-order valence-corrected chi connectivity index (χ4v) is 2.04. The summed E-state index contributed by atoms with van der Waals surface area (Å²) in [5, 5.41) is 10.2. The molecule has 1 heterocycles. The van der Waals surface area contributed by atoms with Gasteiger partial charge in [0.15, 0.2) is 6.10 Å². The van der Waals surface area contributed by atoms with Crippen molar-refractivity contribution in [2.24, 2.45) is 0 Å². The molecule has 1 aromatic rings. The number of nitrogens with one attached hydrogen (secondary N) is 1. The molecule has 0 aliphatic carbocycles. The van der Waals surface area contributed by atoms with Gasteiger partial charge >= 0.3 is 12.1 Å². The van der Waals surface area contributed by atoms with E-state index in [1.165, 1.54) is 0 Å². The lowest BCUT2D eigenvalue weighted by molar-refractivity contribution is -0.207. The van der Waals surface area contributed by atoms with Crippen LogP contribution in [0.2, 0.25) is 5.02 Å². The van der Waals surface area contributed by atoms with E-state index >= 15 is 0 Å². The Kier molecular flexibility index (Phi) is 2.98. The number of hydrogen-bond donors (Lipinski definition) is 2. The van der Waals surface area contributed by atoms with Crippen LogP contribution < -0.4 is 5.32 Å². The third-order valence-corrected chi connectivity index (χ3v) is 2.95. The van der Waals surface area contributed by atoms with E-state index < -0.39 is 45.9 Å².